The maximum Gasteiger partial charge on any atom is 0.327 e. The minimum atomic E-state index is -0.369. The van der Waals surface area contributed by atoms with Crippen molar-refractivity contribution in [3.8, 4) is 0 Å². The van der Waals surface area contributed by atoms with Crippen molar-refractivity contribution in [1.82, 2.24) is 15.1 Å². The lowest BCUT2D eigenvalue weighted by Crippen LogP contribution is -2.44. The number of nitrogens with one attached hydrogen (secondary N) is 2. The predicted octanol–water partition coefficient (Wildman–Crippen LogP) is 1.20. The molecule has 0 aromatic carbocycles. The Hall–Kier alpha value is -1.60. The molecule has 128 valence electrons. The van der Waals surface area contributed by atoms with Gasteiger partial charge in [-0.2, -0.15) is 5.10 Å². The topological polar surface area (TPSA) is 85.2 Å². The molecule has 7 nitrogen and oxygen atoms in total. The summed E-state index contributed by atoms with van der Waals surface area (Å²) >= 11 is 0. The average Bonchev–Trinajstić information content (AvgIpc) is 3.14. The Morgan fingerprint density at radius 3 is 3.13 bits per heavy atom. The Morgan fingerprint density at radius 1 is 1.52 bits per heavy atom. The maximum absolute atomic E-state index is 12.8. The number of esters is 1. The summed E-state index contributed by atoms with van der Waals surface area (Å²) in [5, 5.41) is 10.5. The second-order valence-corrected chi connectivity index (χ2v) is 6.16. The van der Waals surface area contributed by atoms with Gasteiger partial charge in [-0.1, -0.05) is 12.8 Å². The Morgan fingerprint density at radius 2 is 2.35 bits per heavy atom. The summed E-state index contributed by atoms with van der Waals surface area (Å²) in [6, 6.07) is 1.71. The number of anilines is 1. The zero-order valence-electron chi connectivity index (χ0n) is 13.2. The smallest absolute Gasteiger partial charge is 0.327 e. The van der Waals surface area contributed by atoms with Crippen LogP contribution in [0.25, 0.3) is 0 Å². The van der Waals surface area contributed by atoms with Crippen LogP contribution < -0.4 is 10.6 Å². The van der Waals surface area contributed by atoms with E-state index in [4.69, 9.17) is 0 Å². The van der Waals surface area contributed by atoms with E-state index in [0.29, 0.717) is 11.7 Å². The molecule has 1 aliphatic carbocycles. The van der Waals surface area contributed by atoms with Crippen LogP contribution in [0, 0.1) is 11.3 Å². The lowest BCUT2D eigenvalue weighted by molar-refractivity contribution is -0.141. The van der Waals surface area contributed by atoms with E-state index in [0.717, 1.165) is 32.4 Å². The fraction of sp³-hybridized carbons (Fsp3) is 0.667. The lowest BCUT2D eigenvalue weighted by atomic mass is 9.67. The van der Waals surface area contributed by atoms with E-state index in [1.807, 2.05) is 0 Å². The fourth-order valence-corrected chi connectivity index (χ4v) is 3.64. The molecule has 1 amide bonds. The third-order valence-corrected chi connectivity index (χ3v) is 4.89. The van der Waals surface area contributed by atoms with Crippen LogP contribution in [0.3, 0.4) is 0 Å². The molecule has 1 saturated heterocycles. The Kier molecular flexibility index (Phi) is 5.64. The van der Waals surface area contributed by atoms with Crippen molar-refractivity contribution >= 4 is 30.1 Å². The van der Waals surface area contributed by atoms with Crippen LogP contribution in [0.4, 0.5) is 5.82 Å². The van der Waals surface area contributed by atoms with Gasteiger partial charge in [0, 0.05) is 18.8 Å². The largest absolute Gasteiger partial charge is 0.468 e. The molecule has 8 heteroatoms. The van der Waals surface area contributed by atoms with Crippen LogP contribution in [0.5, 0.6) is 0 Å². The Labute approximate surface area is 141 Å². The zero-order valence-corrected chi connectivity index (χ0v) is 14.0. The highest BCUT2D eigenvalue weighted by atomic mass is 35.5. The summed E-state index contributed by atoms with van der Waals surface area (Å²) in [5.41, 5.74) is -0.301. The van der Waals surface area contributed by atoms with Crippen molar-refractivity contribution in [2.45, 2.75) is 32.2 Å². The molecule has 1 aromatic rings. The standard InChI is InChI=1S/C15H22N4O3.ClH/c1-22-13(20)9-19-7-5-12(18-19)17-14(21)15-6-3-2-4-11(15)8-16-10-15;/h5,7,11,16H,2-4,6,8-10H2,1H3,(H,17,18,21);1H/t11-,15+;/m0./s1. The highest BCUT2D eigenvalue weighted by Gasteiger charge is 2.49. The molecule has 2 atom stereocenters. The van der Waals surface area contributed by atoms with Crippen molar-refractivity contribution in [3.05, 3.63) is 12.3 Å². The van der Waals surface area contributed by atoms with E-state index in [-0.39, 0.29) is 36.2 Å². The van der Waals surface area contributed by atoms with Gasteiger partial charge in [0.15, 0.2) is 5.82 Å². The van der Waals surface area contributed by atoms with E-state index in [9.17, 15) is 9.59 Å². The summed E-state index contributed by atoms with van der Waals surface area (Å²) in [6.07, 6.45) is 6.00. The number of hydrogen-bond donors (Lipinski definition) is 2. The quantitative estimate of drug-likeness (QED) is 0.803. The number of halogens is 1. The SMILES string of the molecule is COC(=O)Cn1ccc(NC(=O)[C@@]23CCCC[C@H]2CNC3)n1.Cl. The molecule has 2 aliphatic rings. The molecule has 1 saturated carbocycles. The number of rotatable bonds is 4. The number of ether oxygens (including phenoxy) is 1. The number of nitrogens with zero attached hydrogens (tertiary/aromatic N) is 2. The molecular formula is C15H23ClN4O3. The highest BCUT2D eigenvalue weighted by Crippen LogP contribution is 2.44. The van der Waals surface area contributed by atoms with Crippen LogP contribution in [-0.4, -0.2) is 41.9 Å². The van der Waals surface area contributed by atoms with Gasteiger partial charge in [0.1, 0.15) is 6.54 Å². The van der Waals surface area contributed by atoms with Gasteiger partial charge in [0.05, 0.1) is 12.5 Å². The molecule has 3 rings (SSSR count). The van der Waals surface area contributed by atoms with Crippen LogP contribution in [0.1, 0.15) is 25.7 Å². The zero-order chi connectivity index (χ0) is 15.6. The molecule has 2 N–H and O–H groups in total. The number of hydrogen-bond acceptors (Lipinski definition) is 5. The monoisotopic (exact) mass is 342 g/mol. The Bertz CT molecular complexity index is 577. The van der Waals surface area contributed by atoms with Crippen molar-refractivity contribution in [2.24, 2.45) is 11.3 Å². The molecule has 0 unspecified atom stereocenters. The van der Waals surface area contributed by atoms with Gasteiger partial charge < -0.3 is 15.4 Å². The van der Waals surface area contributed by atoms with Crippen molar-refractivity contribution < 1.29 is 14.3 Å². The number of amides is 1. The van der Waals surface area contributed by atoms with Crippen molar-refractivity contribution in [1.29, 1.82) is 0 Å². The van der Waals surface area contributed by atoms with E-state index in [1.165, 1.54) is 18.2 Å². The van der Waals surface area contributed by atoms with Crippen LogP contribution in [0.15, 0.2) is 12.3 Å². The minimum absolute atomic E-state index is 0. The number of carbonyl (C=O) groups excluding carboxylic acids is 2. The van der Waals surface area contributed by atoms with Crippen LogP contribution in [-0.2, 0) is 20.9 Å². The van der Waals surface area contributed by atoms with Crippen molar-refractivity contribution in [2.75, 3.05) is 25.5 Å². The molecule has 0 spiro atoms. The molecule has 1 aromatic heterocycles. The van der Waals surface area contributed by atoms with Gasteiger partial charge in [-0.3, -0.25) is 14.3 Å². The molecule has 2 fully saturated rings. The van der Waals surface area contributed by atoms with Gasteiger partial charge in [-0.15, -0.1) is 12.4 Å². The summed E-state index contributed by atoms with van der Waals surface area (Å²) < 4.78 is 6.06. The molecule has 23 heavy (non-hydrogen) atoms. The predicted molar refractivity (Wildman–Crippen MR) is 87.4 cm³/mol. The average molecular weight is 343 g/mol. The number of aromatic nitrogens is 2. The summed E-state index contributed by atoms with van der Waals surface area (Å²) in [7, 11) is 1.34. The van der Waals surface area contributed by atoms with Gasteiger partial charge in [-0.25, -0.2) is 0 Å². The molecule has 2 heterocycles. The molecular weight excluding hydrogens is 320 g/mol. The number of carbonyl (C=O) groups is 2. The van der Waals surface area contributed by atoms with Crippen LogP contribution in [0.2, 0.25) is 0 Å². The van der Waals surface area contributed by atoms with Gasteiger partial charge in [0.25, 0.3) is 0 Å². The van der Waals surface area contributed by atoms with Gasteiger partial charge in [-0.05, 0) is 25.3 Å². The third-order valence-electron chi connectivity index (χ3n) is 4.89. The fourth-order valence-electron chi connectivity index (χ4n) is 3.64. The van der Waals surface area contributed by atoms with E-state index < -0.39 is 0 Å². The van der Waals surface area contributed by atoms with E-state index in [2.05, 4.69) is 20.5 Å². The van der Waals surface area contributed by atoms with E-state index in [1.54, 1.807) is 12.3 Å². The second-order valence-electron chi connectivity index (χ2n) is 6.16. The highest BCUT2D eigenvalue weighted by molar-refractivity contribution is 5.95. The number of methoxy groups -OCH3 is 1. The normalized spacial score (nSPS) is 26.0. The van der Waals surface area contributed by atoms with Gasteiger partial charge in [0.2, 0.25) is 5.91 Å². The summed E-state index contributed by atoms with van der Waals surface area (Å²) in [4.78, 5) is 24.0. The van der Waals surface area contributed by atoms with Crippen molar-refractivity contribution in [3.63, 3.8) is 0 Å². The van der Waals surface area contributed by atoms with E-state index >= 15 is 0 Å². The first-order chi connectivity index (χ1) is 10.6. The molecule has 0 bridgehead atoms. The molecule has 0 radical (unpaired) electrons. The minimum Gasteiger partial charge on any atom is -0.468 e. The second kappa shape index (κ2) is 7.31. The van der Waals surface area contributed by atoms with Gasteiger partial charge >= 0.3 is 5.97 Å². The third kappa shape index (κ3) is 3.50. The lowest BCUT2D eigenvalue weighted by Gasteiger charge is -2.36. The first-order valence-corrected chi connectivity index (χ1v) is 7.76. The summed E-state index contributed by atoms with van der Waals surface area (Å²) in [5.74, 6) is 0.579. The Balaban J connectivity index is 0.00000192. The molecule has 1 aliphatic heterocycles. The maximum atomic E-state index is 12.8. The van der Waals surface area contributed by atoms with Crippen LogP contribution >= 0.6 is 12.4 Å². The number of fused-ring (bicyclic) bond motifs is 1. The first-order valence-electron chi connectivity index (χ1n) is 7.76. The first kappa shape index (κ1) is 17.7. The summed E-state index contributed by atoms with van der Waals surface area (Å²) in [6.45, 7) is 1.71.